The first-order valence-electron chi connectivity index (χ1n) is 6.85. The summed E-state index contributed by atoms with van der Waals surface area (Å²) in [6, 6.07) is 7.14. The normalized spacial score (nSPS) is 28.3. The molecular formula is C14H20N2O2S. The summed E-state index contributed by atoms with van der Waals surface area (Å²) in [5.41, 5.74) is 1.08. The first-order chi connectivity index (χ1) is 9.07. The van der Waals surface area contributed by atoms with Crippen molar-refractivity contribution in [2.45, 2.75) is 18.2 Å². The molecule has 104 valence electrons. The molecule has 1 N–H and O–H groups in total. The van der Waals surface area contributed by atoms with E-state index in [1.165, 1.54) is 0 Å². The predicted molar refractivity (Wildman–Crippen MR) is 74.4 cm³/mol. The molecule has 2 saturated heterocycles. The predicted octanol–water partition coefficient (Wildman–Crippen LogP) is 1.23. The van der Waals surface area contributed by atoms with Crippen molar-refractivity contribution in [3.8, 4) is 0 Å². The second-order valence-corrected chi connectivity index (χ2v) is 7.58. The third kappa shape index (κ3) is 2.42. The van der Waals surface area contributed by atoms with Crippen LogP contribution >= 0.6 is 0 Å². The Morgan fingerprint density at radius 1 is 1.16 bits per heavy atom. The maximum atomic E-state index is 12.6. The number of sulfonamides is 1. The smallest absolute Gasteiger partial charge is 0.243 e. The second kappa shape index (κ2) is 4.89. The Morgan fingerprint density at radius 3 is 2.58 bits per heavy atom. The Bertz CT molecular complexity index is 553. The average Bonchev–Trinajstić information content (AvgIpc) is 2.86. The van der Waals surface area contributed by atoms with Crippen LogP contribution in [-0.4, -0.2) is 38.9 Å². The molecule has 2 aliphatic heterocycles. The maximum Gasteiger partial charge on any atom is 0.243 e. The lowest BCUT2D eigenvalue weighted by Gasteiger charge is -2.33. The number of hydrogen-bond acceptors (Lipinski definition) is 3. The summed E-state index contributed by atoms with van der Waals surface area (Å²) in [4.78, 5) is 0.419. The summed E-state index contributed by atoms with van der Waals surface area (Å²) >= 11 is 0. The summed E-state index contributed by atoms with van der Waals surface area (Å²) in [7, 11) is -3.31. The van der Waals surface area contributed by atoms with Crippen molar-refractivity contribution < 1.29 is 8.42 Å². The van der Waals surface area contributed by atoms with Gasteiger partial charge in [-0.15, -0.1) is 0 Å². The Kier molecular flexibility index (Phi) is 3.37. The molecule has 2 fully saturated rings. The van der Waals surface area contributed by atoms with E-state index < -0.39 is 10.0 Å². The summed E-state index contributed by atoms with van der Waals surface area (Å²) in [6.07, 6.45) is 0.975. The van der Waals surface area contributed by atoms with Crippen LogP contribution in [0.25, 0.3) is 0 Å². The van der Waals surface area contributed by atoms with Gasteiger partial charge in [-0.2, -0.15) is 4.31 Å². The lowest BCUT2D eigenvalue weighted by atomic mass is 9.90. The molecule has 0 amide bonds. The molecule has 19 heavy (non-hydrogen) atoms. The number of nitrogens with one attached hydrogen (secondary N) is 1. The molecular weight excluding hydrogens is 260 g/mol. The molecule has 5 heteroatoms. The van der Waals surface area contributed by atoms with Gasteiger partial charge >= 0.3 is 0 Å². The topological polar surface area (TPSA) is 49.4 Å². The molecule has 0 radical (unpaired) electrons. The number of piperidine rings is 1. The first kappa shape index (κ1) is 13.1. The van der Waals surface area contributed by atoms with Crippen molar-refractivity contribution >= 4 is 10.0 Å². The van der Waals surface area contributed by atoms with Gasteiger partial charge in [0.15, 0.2) is 0 Å². The van der Waals surface area contributed by atoms with Gasteiger partial charge in [-0.3, -0.25) is 0 Å². The SMILES string of the molecule is Cc1ccc(S(=O)(=O)N2CCC3CNCC3C2)cc1. The van der Waals surface area contributed by atoms with E-state index in [9.17, 15) is 8.42 Å². The number of nitrogens with zero attached hydrogens (tertiary/aromatic N) is 1. The Morgan fingerprint density at radius 2 is 1.84 bits per heavy atom. The van der Waals surface area contributed by atoms with Crippen molar-refractivity contribution in [3.63, 3.8) is 0 Å². The quantitative estimate of drug-likeness (QED) is 0.886. The highest BCUT2D eigenvalue weighted by Gasteiger charge is 2.37. The number of aryl methyl sites for hydroxylation is 1. The molecule has 2 atom stereocenters. The molecule has 2 aliphatic rings. The van der Waals surface area contributed by atoms with Crippen LogP contribution in [0.3, 0.4) is 0 Å². The Balaban J connectivity index is 1.82. The van der Waals surface area contributed by atoms with Gasteiger partial charge in [-0.1, -0.05) is 17.7 Å². The molecule has 1 aromatic rings. The van der Waals surface area contributed by atoms with Crippen molar-refractivity contribution in [2.75, 3.05) is 26.2 Å². The molecule has 0 aliphatic carbocycles. The number of fused-ring (bicyclic) bond motifs is 1. The molecule has 0 saturated carbocycles. The van der Waals surface area contributed by atoms with Crippen LogP contribution in [0.1, 0.15) is 12.0 Å². The van der Waals surface area contributed by atoms with Gasteiger partial charge in [0.05, 0.1) is 4.90 Å². The zero-order valence-corrected chi connectivity index (χ0v) is 12.0. The molecule has 1 aromatic carbocycles. The highest BCUT2D eigenvalue weighted by molar-refractivity contribution is 7.89. The van der Waals surface area contributed by atoms with Crippen molar-refractivity contribution in [1.29, 1.82) is 0 Å². The van der Waals surface area contributed by atoms with E-state index >= 15 is 0 Å². The molecule has 3 rings (SSSR count). The molecule has 2 heterocycles. The first-order valence-corrected chi connectivity index (χ1v) is 8.29. The minimum absolute atomic E-state index is 0.419. The monoisotopic (exact) mass is 280 g/mol. The molecule has 0 aromatic heterocycles. The van der Waals surface area contributed by atoms with Gasteiger partial charge in [0.25, 0.3) is 0 Å². The highest BCUT2D eigenvalue weighted by Crippen LogP contribution is 2.30. The molecule has 4 nitrogen and oxygen atoms in total. The van der Waals surface area contributed by atoms with E-state index in [2.05, 4.69) is 5.32 Å². The van der Waals surface area contributed by atoms with Gasteiger partial charge in [-0.05, 0) is 50.4 Å². The fourth-order valence-corrected chi connectivity index (χ4v) is 4.59. The maximum absolute atomic E-state index is 12.6. The highest BCUT2D eigenvalue weighted by atomic mass is 32.2. The summed E-state index contributed by atoms with van der Waals surface area (Å²) in [5.74, 6) is 1.14. The van der Waals surface area contributed by atoms with Crippen LogP contribution in [0, 0.1) is 18.8 Å². The molecule has 0 spiro atoms. The van der Waals surface area contributed by atoms with Gasteiger partial charge in [0.1, 0.15) is 0 Å². The Hall–Kier alpha value is -0.910. The zero-order valence-electron chi connectivity index (χ0n) is 11.2. The summed E-state index contributed by atoms with van der Waals surface area (Å²) < 4.78 is 26.8. The zero-order chi connectivity index (χ0) is 13.5. The van der Waals surface area contributed by atoms with Gasteiger partial charge in [0, 0.05) is 13.1 Å². The average molecular weight is 280 g/mol. The van der Waals surface area contributed by atoms with Gasteiger partial charge in [0.2, 0.25) is 10.0 Å². The van der Waals surface area contributed by atoms with Gasteiger partial charge in [-0.25, -0.2) is 8.42 Å². The molecule has 0 bridgehead atoms. The van der Waals surface area contributed by atoms with E-state index in [-0.39, 0.29) is 0 Å². The van der Waals surface area contributed by atoms with E-state index in [1.807, 2.05) is 19.1 Å². The Labute approximate surface area is 114 Å². The van der Waals surface area contributed by atoms with E-state index in [1.54, 1.807) is 16.4 Å². The largest absolute Gasteiger partial charge is 0.316 e. The second-order valence-electron chi connectivity index (χ2n) is 5.64. The fourth-order valence-electron chi connectivity index (χ4n) is 3.08. The third-order valence-electron chi connectivity index (χ3n) is 4.33. The minimum Gasteiger partial charge on any atom is -0.316 e. The summed E-state index contributed by atoms with van der Waals surface area (Å²) in [5, 5.41) is 3.36. The fraction of sp³-hybridized carbons (Fsp3) is 0.571. The lowest BCUT2D eigenvalue weighted by molar-refractivity contribution is 0.228. The van der Waals surface area contributed by atoms with Crippen LogP contribution in [0.2, 0.25) is 0 Å². The van der Waals surface area contributed by atoms with E-state index in [0.29, 0.717) is 29.8 Å². The summed E-state index contributed by atoms with van der Waals surface area (Å²) in [6.45, 7) is 5.27. The van der Waals surface area contributed by atoms with Crippen molar-refractivity contribution in [1.82, 2.24) is 9.62 Å². The van der Waals surface area contributed by atoms with E-state index in [4.69, 9.17) is 0 Å². The van der Waals surface area contributed by atoms with E-state index in [0.717, 1.165) is 25.1 Å². The molecule has 2 unspecified atom stereocenters. The number of benzene rings is 1. The van der Waals surface area contributed by atoms with Crippen molar-refractivity contribution in [2.24, 2.45) is 11.8 Å². The van der Waals surface area contributed by atoms with Crippen LogP contribution in [0.5, 0.6) is 0 Å². The van der Waals surface area contributed by atoms with Gasteiger partial charge < -0.3 is 5.32 Å². The van der Waals surface area contributed by atoms with Crippen LogP contribution in [0.4, 0.5) is 0 Å². The number of rotatable bonds is 2. The lowest BCUT2D eigenvalue weighted by Crippen LogP contribution is -2.43. The third-order valence-corrected chi connectivity index (χ3v) is 6.21. The van der Waals surface area contributed by atoms with Crippen molar-refractivity contribution in [3.05, 3.63) is 29.8 Å². The number of hydrogen-bond donors (Lipinski definition) is 1. The van der Waals surface area contributed by atoms with Crippen LogP contribution in [-0.2, 0) is 10.0 Å². The van der Waals surface area contributed by atoms with Crippen LogP contribution in [0.15, 0.2) is 29.2 Å². The van der Waals surface area contributed by atoms with Crippen LogP contribution < -0.4 is 5.32 Å². The standard InChI is InChI=1S/C14H20N2O2S/c1-11-2-4-14(5-3-11)19(17,18)16-7-6-12-8-15-9-13(12)10-16/h2-5,12-13,15H,6-10H2,1H3. The minimum atomic E-state index is -3.31.